The van der Waals surface area contributed by atoms with Crippen molar-refractivity contribution in [2.75, 3.05) is 7.11 Å². The fourth-order valence-electron chi connectivity index (χ4n) is 3.82. The minimum atomic E-state index is 0.358. The normalized spacial score (nSPS) is 10.9. The number of imidazole rings is 1. The number of para-hydroxylation sites is 2. The SMILES string of the molecule is C=CCc1ccc(OCc2nc3ccccc3n2Cc2cc(C)ccc2C)c(OC)c1. The predicted octanol–water partition coefficient (Wildman–Crippen LogP) is 6.02. The second-order valence-corrected chi connectivity index (χ2v) is 7.80. The summed E-state index contributed by atoms with van der Waals surface area (Å²) in [5.41, 5.74) is 7.04. The van der Waals surface area contributed by atoms with Crippen LogP contribution in [0.5, 0.6) is 11.5 Å². The Morgan fingerprint density at radius 3 is 2.65 bits per heavy atom. The van der Waals surface area contributed by atoms with Gasteiger partial charge in [-0.05, 0) is 61.2 Å². The van der Waals surface area contributed by atoms with E-state index >= 15 is 0 Å². The van der Waals surface area contributed by atoms with Crippen molar-refractivity contribution in [2.45, 2.75) is 33.4 Å². The molecule has 0 bridgehead atoms. The number of aryl methyl sites for hydroxylation is 2. The topological polar surface area (TPSA) is 36.3 Å². The summed E-state index contributed by atoms with van der Waals surface area (Å²) < 4.78 is 14.0. The molecular formula is C27H28N2O2. The Morgan fingerprint density at radius 1 is 1.00 bits per heavy atom. The maximum Gasteiger partial charge on any atom is 0.161 e. The zero-order valence-corrected chi connectivity index (χ0v) is 18.4. The Kier molecular flexibility index (Phi) is 6.08. The summed E-state index contributed by atoms with van der Waals surface area (Å²) in [5.74, 6) is 2.32. The fourth-order valence-corrected chi connectivity index (χ4v) is 3.82. The van der Waals surface area contributed by atoms with Gasteiger partial charge in [-0.1, -0.05) is 48.0 Å². The maximum absolute atomic E-state index is 6.17. The average Bonchev–Trinajstić information content (AvgIpc) is 3.13. The van der Waals surface area contributed by atoms with Crippen LogP contribution in [0.1, 0.15) is 28.1 Å². The van der Waals surface area contributed by atoms with Crippen molar-refractivity contribution in [1.29, 1.82) is 0 Å². The highest BCUT2D eigenvalue weighted by atomic mass is 16.5. The molecule has 0 unspecified atom stereocenters. The van der Waals surface area contributed by atoms with Crippen molar-refractivity contribution in [3.63, 3.8) is 0 Å². The van der Waals surface area contributed by atoms with Gasteiger partial charge >= 0.3 is 0 Å². The molecule has 0 aliphatic carbocycles. The number of ether oxygens (including phenoxy) is 2. The Bertz CT molecular complexity index is 1220. The molecule has 0 N–H and O–H groups in total. The van der Waals surface area contributed by atoms with Crippen LogP contribution < -0.4 is 9.47 Å². The Hall–Kier alpha value is -3.53. The summed E-state index contributed by atoms with van der Waals surface area (Å²) in [7, 11) is 1.66. The van der Waals surface area contributed by atoms with E-state index in [9.17, 15) is 0 Å². The van der Waals surface area contributed by atoms with Gasteiger partial charge in [0, 0.05) is 6.54 Å². The van der Waals surface area contributed by atoms with Crippen LogP contribution in [0, 0.1) is 13.8 Å². The third-order valence-electron chi connectivity index (χ3n) is 5.53. The molecule has 0 amide bonds. The van der Waals surface area contributed by atoms with Gasteiger partial charge in [0.25, 0.3) is 0 Å². The van der Waals surface area contributed by atoms with Crippen LogP contribution in [-0.2, 0) is 19.6 Å². The van der Waals surface area contributed by atoms with Crippen molar-refractivity contribution in [3.05, 3.63) is 101 Å². The van der Waals surface area contributed by atoms with Gasteiger partial charge in [-0.3, -0.25) is 0 Å². The zero-order valence-electron chi connectivity index (χ0n) is 18.4. The van der Waals surface area contributed by atoms with Crippen molar-refractivity contribution in [2.24, 2.45) is 0 Å². The number of fused-ring (bicyclic) bond motifs is 1. The monoisotopic (exact) mass is 412 g/mol. The highest BCUT2D eigenvalue weighted by molar-refractivity contribution is 5.76. The largest absolute Gasteiger partial charge is 0.493 e. The van der Waals surface area contributed by atoms with Crippen molar-refractivity contribution >= 4 is 11.0 Å². The van der Waals surface area contributed by atoms with Crippen LogP contribution in [-0.4, -0.2) is 16.7 Å². The number of rotatable bonds is 8. The fraction of sp³-hybridized carbons (Fsp3) is 0.222. The lowest BCUT2D eigenvalue weighted by Gasteiger charge is -2.14. The number of benzene rings is 3. The molecule has 3 aromatic carbocycles. The quantitative estimate of drug-likeness (QED) is 0.332. The third kappa shape index (κ3) is 4.48. The minimum Gasteiger partial charge on any atom is -0.493 e. The van der Waals surface area contributed by atoms with E-state index in [-0.39, 0.29) is 0 Å². The molecule has 0 saturated heterocycles. The Balaban J connectivity index is 1.66. The first kappa shape index (κ1) is 20.7. The summed E-state index contributed by atoms with van der Waals surface area (Å²) >= 11 is 0. The molecule has 4 nitrogen and oxygen atoms in total. The molecule has 0 aliphatic heterocycles. The second kappa shape index (κ2) is 9.09. The summed E-state index contributed by atoms with van der Waals surface area (Å²) in [6, 6.07) is 20.8. The van der Waals surface area contributed by atoms with Crippen LogP contribution in [0.25, 0.3) is 11.0 Å². The molecule has 4 rings (SSSR count). The summed E-state index contributed by atoms with van der Waals surface area (Å²) in [6.07, 6.45) is 2.67. The van der Waals surface area contributed by atoms with E-state index in [0.717, 1.165) is 41.1 Å². The lowest BCUT2D eigenvalue weighted by Crippen LogP contribution is -2.10. The lowest BCUT2D eigenvalue weighted by atomic mass is 10.1. The van der Waals surface area contributed by atoms with Crippen molar-refractivity contribution in [1.82, 2.24) is 9.55 Å². The first-order valence-electron chi connectivity index (χ1n) is 10.5. The van der Waals surface area contributed by atoms with Crippen molar-refractivity contribution < 1.29 is 9.47 Å². The number of nitrogens with zero attached hydrogens (tertiary/aromatic N) is 2. The Labute approximate surface area is 183 Å². The van der Waals surface area contributed by atoms with E-state index in [0.29, 0.717) is 12.4 Å². The van der Waals surface area contributed by atoms with Gasteiger partial charge in [0.15, 0.2) is 11.5 Å². The van der Waals surface area contributed by atoms with Gasteiger partial charge in [-0.15, -0.1) is 6.58 Å². The minimum absolute atomic E-state index is 0.358. The van der Waals surface area contributed by atoms with Gasteiger partial charge in [-0.2, -0.15) is 0 Å². The molecule has 0 fully saturated rings. The smallest absolute Gasteiger partial charge is 0.161 e. The van der Waals surface area contributed by atoms with Gasteiger partial charge < -0.3 is 14.0 Å². The third-order valence-corrected chi connectivity index (χ3v) is 5.53. The molecule has 0 aliphatic rings. The number of hydrogen-bond donors (Lipinski definition) is 0. The van der Waals surface area contributed by atoms with Crippen LogP contribution in [0.3, 0.4) is 0 Å². The van der Waals surface area contributed by atoms with E-state index < -0.39 is 0 Å². The Morgan fingerprint density at radius 2 is 1.84 bits per heavy atom. The van der Waals surface area contributed by atoms with E-state index in [1.807, 2.05) is 36.4 Å². The molecule has 4 aromatic rings. The van der Waals surface area contributed by atoms with Crippen LogP contribution in [0.15, 0.2) is 73.3 Å². The van der Waals surface area contributed by atoms with Crippen LogP contribution >= 0.6 is 0 Å². The summed E-state index contributed by atoms with van der Waals surface area (Å²) in [5, 5.41) is 0. The van der Waals surface area contributed by atoms with Gasteiger partial charge in [0.2, 0.25) is 0 Å². The molecule has 1 aromatic heterocycles. The van der Waals surface area contributed by atoms with E-state index in [1.54, 1.807) is 7.11 Å². The highest BCUT2D eigenvalue weighted by Gasteiger charge is 2.14. The molecule has 0 atom stereocenters. The molecule has 31 heavy (non-hydrogen) atoms. The van der Waals surface area contributed by atoms with E-state index in [1.165, 1.54) is 16.7 Å². The average molecular weight is 413 g/mol. The van der Waals surface area contributed by atoms with E-state index in [2.05, 4.69) is 55.3 Å². The summed E-state index contributed by atoms with van der Waals surface area (Å²) in [6.45, 7) is 9.19. The molecule has 0 saturated carbocycles. The molecule has 1 heterocycles. The standard InChI is InChI=1S/C27H28N2O2/c1-5-8-21-13-14-25(26(16-21)30-4)31-18-27-28-23-9-6-7-10-24(23)29(27)17-22-15-19(2)11-12-20(22)3/h5-7,9-16H,1,8,17-18H2,2-4H3. The summed E-state index contributed by atoms with van der Waals surface area (Å²) in [4.78, 5) is 4.86. The zero-order chi connectivity index (χ0) is 21.8. The predicted molar refractivity (Wildman–Crippen MR) is 126 cm³/mol. The lowest BCUT2D eigenvalue weighted by molar-refractivity contribution is 0.272. The van der Waals surface area contributed by atoms with Crippen LogP contribution in [0.4, 0.5) is 0 Å². The van der Waals surface area contributed by atoms with Crippen LogP contribution in [0.2, 0.25) is 0 Å². The van der Waals surface area contributed by atoms with Crippen molar-refractivity contribution in [3.8, 4) is 11.5 Å². The molecule has 4 heteroatoms. The van der Waals surface area contributed by atoms with E-state index in [4.69, 9.17) is 14.5 Å². The molecule has 0 spiro atoms. The maximum atomic E-state index is 6.17. The van der Waals surface area contributed by atoms with Gasteiger partial charge in [-0.25, -0.2) is 4.98 Å². The molecule has 158 valence electrons. The highest BCUT2D eigenvalue weighted by Crippen LogP contribution is 2.30. The first-order chi connectivity index (χ1) is 15.1. The van der Waals surface area contributed by atoms with Gasteiger partial charge in [0.05, 0.1) is 18.1 Å². The molecule has 0 radical (unpaired) electrons. The number of aromatic nitrogens is 2. The number of methoxy groups -OCH3 is 1. The first-order valence-corrected chi connectivity index (χ1v) is 10.5. The number of hydrogen-bond acceptors (Lipinski definition) is 3. The molecular weight excluding hydrogens is 384 g/mol. The number of allylic oxidation sites excluding steroid dienone is 1. The van der Waals surface area contributed by atoms with Gasteiger partial charge in [0.1, 0.15) is 12.4 Å². The second-order valence-electron chi connectivity index (χ2n) is 7.80.